The van der Waals surface area contributed by atoms with Crippen LogP contribution in [0.3, 0.4) is 0 Å². The first-order valence-electron chi connectivity index (χ1n) is 4.17. The summed E-state index contributed by atoms with van der Waals surface area (Å²) in [5, 5.41) is 0. The Morgan fingerprint density at radius 1 is 1.47 bits per heavy atom. The van der Waals surface area contributed by atoms with Gasteiger partial charge in [0.2, 0.25) is 0 Å². The van der Waals surface area contributed by atoms with Crippen molar-refractivity contribution in [3.8, 4) is 11.4 Å². The van der Waals surface area contributed by atoms with Crippen LogP contribution >= 0.6 is 15.9 Å². The van der Waals surface area contributed by atoms with E-state index in [4.69, 9.17) is 0 Å². The third-order valence-electron chi connectivity index (χ3n) is 1.93. The number of H-pyrrole nitrogens is 1. The second-order valence-corrected chi connectivity index (χ2v) is 3.70. The van der Waals surface area contributed by atoms with Crippen LogP contribution in [0, 0.1) is 5.82 Å². The summed E-state index contributed by atoms with van der Waals surface area (Å²) in [4.78, 5) is 17.2. The van der Waals surface area contributed by atoms with Crippen molar-refractivity contribution in [1.29, 1.82) is 0 Å². The number of halogens is 2. The predicted octanol–water partition coefficient (Wildman–Crippen LogP) is 2.79. The molecule has 3 nitrogen and oxygen atoms in total. The van der Waals surface area contributed by atoms with E-state index in [2.05, 4.69) is 25.9 Å². The SMILES string of the molecule is O=Cc1cnc(-c2cccc(F)c2Br)[nH]1. The molecule has 0 amide bonds. The lowest BCUT2D eigenvalue weighted by atomic mass is 10.2. The molecular formula is C10H6BrFN2O. The molecule has 1 aromatic carbocycles. The minimum atomic E-state index is -0.364. The third kappa shape index (κ3) is 1.83. The summed E-state index contributed by atoms with van der Waals surface area (Å²) in [5.41, 5.74) is 0.948. The number of imidazole rings is 1. The molecule has 0 saturated heterocycles. The number of hydrogen-bond acceptors (Lipinski definition) is 2. The third-order valence-corrected chi connectivity index (χ3v) is 2.74. The summed E-state index contributed by atoms with van der Waals surface area (Å²) >= 11 is 3.12. The number of nitrogens with one attached hydrogen (secondary N) is 1. The molecule has 0 aliphatic carbocycles. The van der Waals surface area contributed by atoms with Gasteiger partial charge in [-0.25, -0.2) is 9.37 Å². The summed E-state index contributed by atoms with van der Waals surface area (Å²) in [5.74, 6) is 0.0972. The first-order valence-corrected chi connectivity index (χ1v) is 4.96. The second-order valence-electron chi connectivity index (χ2n) is 2.91. The summed E-state index contributed by atoms with van der Waals surface area (Å²) in [6, 6.07) is 4.64. The Morgan fingerprint density at radius 2 is 2.27 bits per heavy atom. The van der Waals surface area contributed by atoms with Gasteiger partial charge in [0.1, 0.15) is 11.6 Å². The molecule has 0 atom stereocenters. The second kappa shape index (κ2) is 3.94. The van der Waals surface area contributed by atoms with Gasteiger partial charge in [-0.3, -0.25) is 4.79 Å². The van der Waals surface area contributed by atoms with Crippen molar-refractivity contribution < 1.29 is 9.18 Å². The van der Waals surface area contributed by atoms with E-state index < -0.39 is 0 Å². The van der Waals surface area contributed by atoms with Gasteiger partial charge in [-0.05, 0) is 28.1 Å². The molecule has 5 heteroatoms. The molecule has 0 aliphatic rings. The lowest BCUT2D eigenvalue weighted by Gasteiger charge is -2.00. The van der Waals surface area contributed by atoms with Gasteiger partial charge in [-0.1, -0.05) is 6.07 Å². The largest absolute Gasteiger partial charge is 0.336 e. The molecule has 2 rings (SSSR count). The van der Waals surface area contributed by atoms with Crippen LogP contribution < -0.4 is 0 Å². The van der Waals surface area contributed by atoms with Gasteiger partial charge in [0, 0.05) is 5.56 Å². The van der Waals surface area contributed by atoms with Crippen molar-refractivity contribution in [3.05, 3.63) is 40.4 Å². The fraction of sp³-hybridized carbons (Fsp3) is 0. The minimum Gasteiger partial charge on any atom is -0.336 e. The summed E-state index contributed by atoms with van der Waals surface area (Å²) < 4.78 is 13.5. The van der Waals surface area contributed by atoms with E-state index in [9.17, 15) is 9.18 Å². The Kier molecular flexibility index (Phi) is 2.64. The average molecular weight is 269 g/mol. The Morgan fingerprint density at radius 3 is 2.93 bits per heavy atom. The molecule has 0 spiro atoms. The van der Waals surface area contributed by atoms with Crippen LogP contribution in [0.1, 0.15) is 10.5 Å². The van der Waals surface area contributed by atoms with Crippen LogP contribution in [-0.2, 0) is 0 Å². The quantitative estimate of drug-likeness (QED) is 0.852. The summed E-state index contributed by atoms with van der Waals surface area (Å²) in [7, 11) is 0. The van der Waals surface area contributed by atoms with Gasteiger partial charge in [0.25, 0.3) is 0 Å². The summed E-state index contributed by atoms with van der Waals surface area (Å²) in [6.45, 7) is 0. The number of aromatic nitrogens is 2. The molecule has 1 N–H and O–H groups in total. The molecule has 0 fully saturated rings. The number of aromatic amines is 1. The fourth-order valence-electron chi connectivity index (χ4n) is 1.22. The van der Waals surface area contributed by atoms with E-state index >= 15 is 0 Å². The van der Waals surface area contributed by atoms with Crippen molar-refractivity contribution in [2.75, 3.05) is 0 Å². The van der Waals surface area contributed by atoms with E-state index in [1.54, 1.807) is 12.1 Å². The molecule has 2 aromatic rings. The molecule has 0 bridgehead atoms. The van der Waals surface area contributed by atoms with Crippen molar-refractivity contribution in [2.45, 2.75) is 0 Å². The Labute approximate surface area is 93.5 Å². The van der Waals surface area contributed by atoms with Crippen molar-refractivity contribution >= 4 is 22.2 Å². The lowest BCUT2D eigenvalue weighted by molar-refractivity contribution is 0.111. The minimum absolute atomic E-state index is 0.330. The molecule has 0 unspecified atom stereocenters. The van der Waals surface area contributed by atoms with E-state index in [0.29, 0.717) is 27.8 Å². The first kappa shape index (κ1) is 10.0. The maximum atomic E-state index is 13.2. The predicted molar refractivity (Wildman–Crippen MR) is 57.1 cm³/mol. The number of carbonyl (C=O) groups is 1. The summed E-state index contributed by atoms with van der Waals surface area (Å²) in [6.07, 6.45) is 2.06. The average Bonchev–Trinajstić information content (AvgIpc) is 2.70. The van der Waals surface area contributed by atoms with E-state index in [1.807, 2.05) is 0 Å². The van der Waals surface area contributed by atoms with Crippen LogP contribution in [0.15, 0.2) is 28.9 Å². The zero-order valence-corrected chi connectivity index (χ0v) is 9.08. The van der Waals surface area contributed by atoms with Crippen LogP contribution in [0.4, 0.5) is 4.39 Å². The number of nitrogens with zero attached hydrogens (tertiary/aromatic N) is 1. The highest BCUT2D eigenvalue weighted by Crippen LogP contribution is 2.27. The highest BCUT2D eigenvalue weighted by atomic mass is 79.9. The van der Waals surface area contributed by atoms with Crippen molar-refractivity contribution in [2.24, 2.45) is 0 Å². The number of benzene rings is 1. The van der Waals surface area contributed by atoms with Crippen LogP contribution in [0.5, 0.6) is 0 Å². The first-order chi connectivity index (χ1) is 7.22. The highest BCUT2D eigenvalue weighted by molar-refractivity contribution is 9.10. The maximum Gasteiger partial charge on any atom is 0.167 e. The Balaban J connectivity index is 2.53. The van der Waals surface area contributed by atoms with Gasteiger partial charge in [-0.15, -0.1) is 0 Å². The fourth-order valence-corrected chi connectivity index (χ4v) is 1.67. The van der Waals surface area contributed by atoms with E-state index in [-0.39, 0.29) is 5.82 Å². The molecule has 0 radical (unpaired) electrons. The normalized spacial score (nSPS) is 10.3. The molecule has 0 saturated carbocycles. The number of rotatable bonds is 2. The van der Waals surface area contributed by atoms with Gasteiger partial charge in [0.15, 0.2) is 6.29 Å². The number of aldehydes is 1. The van der Waals surface area contributed by atoms with Gasteiger partial charge < -0.3 is 4.98 Å². The van der Waals surface area contributed by atoms with Crippen LogP contribution in [0.2, 0.25) is 0 Å². The molecule has 15 heavy (non-hydrogen) atoms. The standard InChI is InChI=1S/C10H6BrFN2O/c11-9-7(2-1-3-8(9)12)10-13-4-6(5-15)14-10/h1-5H,(H,13,14). The zero-order valence-electron chi connectivity index (χ0n) is 7.50. The van der Waals surface area contributed by atoms with Gasteiger partial charge in [-0.2, -0.15) is 0 Å². The number of carbonyl (C=O) groups excluding carboxylic acids is 1. The zero-order chi connectivity index (χ0) is 10.8. The van der Waals surface area contributed by atoms with Crippen molar-refractivity contribution in [3.63, 3.8) is 0 Å². The molecule has 1 heterocycles. The highest BCUT2D eigenvalue weighted by Gasteiger charge is 2.10. The number of hydrogen-bond donors (Lipinski definition) is 1. The maximum absolute atomic E-state index is 13.2. The molecule has 76 valence electrons. The Hall–Kier alpha value is -1.49. The van der Waals surface area contributed by atoms with Crippen LogP contribution in [-0.4, -0.2) is 16.3 Å². The smallest absolute Gasteiger partial charge is 0.167 e. The molecule has 1 aromatic heterocycles. The van der Waals surface area contributed by atoms with Gasteiger partial charge in [0.05, 0.1) is 16.4 Å². The monoisotopic (exact) mass is 268 g/mol. The van der Waals surface area contributed by atoms with E-state index in [0.717, 1.165) is 0 Å². The van der Waals surface area contributed by atoms with Gasteiger partial charge >= 0.3 is 0 Å². The van der Waals surface area contributed by atoms with Crippen LogP contribution in [0.25, 0.3) is 11.4 Å². The molecule has 0 aliphatic heterocycles. The lowest BCUT2D eigenvalue weighted by Crippen LogP contribution is -1.86. The Bertz CT molecular complexity index is 510. The van der Waals surface area contributed by atoms with E-state index in [1.165, 1.54) is 12.3 Å². The van der Waals surface area contributed by atoms with Crippen molar-refractivity contribution in [1.82, 2.24) is 9.97 Å². The topological polar surface area (TPSA) is 45.8 Å². The molecular weight excluding hydrogens is 263 g/mol.